The number of aryl methyl sites for hydroxylation is 1. The second kappa shape index (κ2) is 28.6. The van der Waals surface area contributed by atoms with Gasteiger partial charge in [-0.05, 0) is 41.4 Å². The summed E-state index contributed by atoms with van der Waals surface area (Å²) in [5, 5.41) is 12.6. The van der Waals surface area contributed by atoms with Crippen LogP contribution >= 0.6 is 8.25 Å². The van der Waals surface area contributed by atoms with Gasteiger partial charge in [0, 0.05) is 6.42 Å². The largest absolute Gasteiger partial charge is 0.566 e. The lowest BCUT2D eigenvalue weighted by molar-refractivity contribution is -0.186. The van der Waals surface area contributed by atoms with Crippen molar-refractivity contribution in [2.75, 3.05) is 19.8 Å². The highest BCUT2D eigenvalue weighted by molar-refractivity contribution is 7.30. The molecule has 0 aliphatic rings. The lowest BCUT2D eigenvalue weighted by Crippen LogP contribution is -2.37. The minimum atomic E-state index is -2.75. The first-order chi connectivity index (χ1) is 21.0. The summed E-state index contributed by atoms with van der Waals surface area (Å²) in [5.41, 5.74) is 2.46. The highest BCUT2D eigenvalue weighted by Crippen LogP contribution is 2.12. The van der Waals surface area contributed by atoms with Gasteiger partial charge < -0.3 is 20.1 Å². The molecule has 2 atom stereocenters. The van der Waals surface area contributed by atoms with Crippen molar-refractivity contribution in [1.82, 2.24) is 5.32 Å². The first-order valence-electron chi connectivity index (χ1n) is 16.4. The summed E-state index contributed by atoms with van der Waals surface area (Å²) < 4.78 is 19.5. The van der Waals surface area contributed by atoms with E-state index >= 15 is 0 Å². The van der Waals surface area contributed by atoms with Gasteiger partial charge >= 0.3 is 8.25 Å². The first-order valence-corrected chi connectivity index (χ1v) is 17.5. The third-order valence-electron chi connectivity index (χ3n) is 7.24. The van der Waals surface area contributed by atoms with Gasteiger partial charge in [0.2, 0.25) is 5.91 Å². The molecule has 0 saturated carbocycles. The molecule has 0 bridgehead atoms. The Morgan fingerprint density at radius 2 is 1.35 bits per heavy atom. The molecule has 0 aliphatic carbocycles. The van der Waals surface area contributed by atoms with Crippen molar-refractivity contribution in [3.8, 4) is 0 Å². The fraction of sp³-hybridized carbons (Fsp3) is 0.629. The lowest BCUT2D eigenvalue weighted by atomic mass is 10.0. The summed E-state index contributed by atoms with van der Waals surface area (Å²) in [4.78, 5) is 22.1. The van der Waals surface area contributed by atoms with Crippen molar-refractivity contribution in [2.24, 2.45) is 0 Å². The molecule has 0 saturated heterocycles. The maximum atomic E-state index is 12.1. The van der Waals surface area contributed by atoms with Crippen molar-refractivity contribution in [3.05, 3.63) is 71.8 Å². The molecular weight excluding hydrogens is 561 g/mol. The highest BCUT2D eigenvalue weighted by atomic mass is 31.1. The van der Waals surface area contributed by atoms with Gasteiger partial charge in [0.25, 0.3) is 0 Å². The Morgan fingerprint density at radius 1 is 0.791 bits per heavy atom. The monoisotopic (exact) mass is 617 g/mol. The lowest BCUT2D eigenvalue weighted by Gasteiger charge is -2.16. The van der Waals surface area contributed by atoms with E-state index in [1.54, 1.807) is 0 Å². The number of nitrogens with one attached hydrogen (secondary N) is 1. The molecule has 0 spiro atoms. The van der Waals surface area contributed by atoms with Crippen molar-refractivity contribution >= 4 is 14.2 Å². The summed E-state index contributed by atoms with van der Waals surface area (Å²) in [6.45, 7) is 3.12. The third kappa shape index (κ3) is 24.9. The van der Waals surface area contributed by atoms with E-state index in [0.29, 0.717) is 13.0 Å². The van der Waals surface area contributed by atoms with Crippen molar-refractivity contribution in [1.29, 1.82) is 0 Å². The standard InChI is InChI=1S/C26H45NO2.C9H11O4P/c1-2-3-4-5-6-7-8-9-17-22-26(29)27-25(23-28)21-16-11-10-13-18-24-19-14-12-15-20-24;10-14(11)13-7-6-12-8-9-4-2-1-3-5-9/h12,14-15,19-20,25,28H,2-11,13,16-18,21-23H2,1H3,(H,27,29);1-5H,6-8H2. The minimum absolute atomic E-state index is 0.0491. The van der Waals surface area contributed by atoms with E-state index in [9.17, 15) is 19.4 Å². The zero-order valence-corrected chi connectivity index (χ0v) is 27.3. The van der Waals surface area contributed by atoms with Crippen LogP contribution in [0.1, 0.15) is 114 Å². The maximum Gasteiger partial charge on any atom is 0.488 e. The molecule has 2 unspecified atom stereocenters. The molecule has 242 valence electrons. The van der Waals surface area contributed by atoms with Gasteiger partial charge in [-0.15, -0.1) is 4.52 Å². The predicted octanol–water partition coefficient (Wildman–Crippen LogP) is 7.82. The average Bonchev–Trinajstić information content (AvgIpc) is 3.02. The number of aliphatic hydroxyl groups excluding tert-OH is 1. The molecule has 8 heteroatoms. The SMILES string of the molecule is CCCCCCCCCCCC(=O)NC(CO)CCCCCCc1ccccc1.O=[P+]([O-])OCCOCc1ccccc1. The normalized spacial score (nSPS) is 11.8. The number of hydrogen-bond acceptors (Lipinski definition) is 6. The third-order valence-corrected chi connectivity index (χ3v) is 7.63. The summed E-state index contributed by atoms with van der Waals surface area (Å²) in [7, 11) is -2.75. The van der Waals surface area contributed by atoms with Crippen LogP contribution in [0, 0.1) is 0 Å². The van der Waals surface area contributed by atoms with Gasteiger partial charge in [0.1, 0.15) is 6.61 Å². The molecule has 2 aromatic carbocycles. The quantitative estimate of drug-likeness (QED) is 0.0869. The fourth-order valence-electron chi connectivity index (χ4n) is 4.76. The summed E-state index contributed by atoms with van der Waals surface area (Å²) in [6.07, 6.45) is 18.7. The van der Waals surface area contributed by atoms with E-state index in [4.69, 9.17) is 4.74 Å². The van der Waals surface area contributed by atoms with Crippen LogP contribution in [-0.2, 0) is 31.6 Å². The number of amides is 1. The molecule has 2 aromatic rings. The smallest absolute Gasteiger partial charge is 0.488 e. The van der Waals surface area contributed by atoms with Gasteiger partial charge in [-0.3, -0.25) is 4.79 Å². The van der Waals surface area contributed by atoms with Gasteiger partial charge in [-0.1, -0.05) is 138 Å². The van der Waals surface area contributed by atoms with E-state index in [2.05, 4.69) is 47.1 Å². The zero-order valence-electron chi connectivity index (χ0n) is 26.4. The molecule has 0 fully saturated rings. The zero-order chi connectivity index (χ0) is 31.2. The summed E-state index contributed by atoms with van der Waals surface area (Å²) >= 11 is 0. The van der Waals surface area contributed by atoms with Crippen molar-refractivity contribution in [2.45, 2.75) is 122 Å². The predicted molar refractivity (Wildman–Crippen MR) is 174 cm³/mol. The van der Waals surface area contributed by atoms with Gasteiger partial charge in [0.05, 0.1) is 25.9 Å². The van der Waals surface area contributed by atoms with Crippen LogP contribution < -0.4 is 10.2 Å². The Hall–Kier alpha value is -2.15. The highest BCUT2D eigenvalue weighted by Gasteiger charge is 2.11. The van der Waals surface area contributed by atoms with Crippen molar-refractivity contribution < 1.29 is 28.6 Å². The van der Waals surface area contributed by atoms with Crippen LogP contribution in [-0.4, -0.2) is 36.9 Å². The molecule has 7 nitrogen and oxygen atoms in total. The summed E-state index contributed by atoms with van der Waals surface area (Å²) in [5.74, 6) is 0.107. The Kier molecular flexibility index (Phi) is 25.9. The molecular formula is C35H56NO6P. The van der Waals surface area contributed by atoms with Crippen LogP contribution in [0.5, 0.6) is 0 Å². The Bertz CT molecular complexity index is 915. The molecule has 0 radical (unpaired) electrons. The van der Waals surface area contributed by atoms with E-state index in [1.165, 1.54) is 63.4 Å². The molecule has 2 N–H and O–H groups in total. The number of aliphatic hydroxyl groups is 1. The number of unbranched alkanes of at least 4 members (excludes halogenated alkanes) is 11. The van der Waals surface area contributed by atoms with Crippen LogP contribution in [0.3, 0.4) is 0 Å². The van der Waals surface area contributed by atoms with Gasteiger partial charge in [-0.2, -0.15) is 0 Å². The Labute approximate surface area is 261 Å². The van der Waals surface area contributed by atoms with E-state index in [-0.39, 0.29) is 31.8 Å². The Morgan fingerprint density at radius 3 is 1.95 bits per heavy atom. The topological polar surface area (TPSA) is 108 Å². The van der Waals surface area contributed by atoms with Crippen LogP contribution in [0.15, 0.2) is 60.7 Å². The minimum Gasteiger partial charge on any atom is -0.566 e. The first kappa shape index (κ1) is 38.9. The molecule has 0 aliphatic heterocycles. The van der Waals surface area contributed by atoms with Crippen LogP contribution in [0.2, 0.25) is 0 Å². The molecule has 43 heavy (non-hydrogen) atoms. The van der Waals surface area contributed by atoms with Crippen LogP contribution in [0.25, 0.3) is 0 Å². The molecule has 0 aromatic heterocycles. The number of rotatable bonds is 25. The second-order valence-corrected chi connectivity index (χ2v) is 11.8. The second-order valence-electron chi connectivity index (χ2n) is 11.1. The number of benzene rings is 2. The molecule has 1 amide bonds. The number of ether oxygens (including phenoxy) is 1. The van der Waals surface area contributed by atoms with Crippen molar-refractivity contribution in [3.63, 3.8) is 0 Å². The average molecular weight is 618 g/mol. The van der Waals surface area contributed by atoms with Gasteiger partial charge in [0.15, 0.2) is 0 Å². The number of carbonyl (C=O) groups is 1. The molecule has 0 heterocycles. The number of carbonyl (C=O) groups excluding carboxylic acids is 1. The van der Waals surface area contributed by atoms with Gasteiger partial charge in [-0.25, -0.2) is 0 Å². The molecule has 2 rings (SSSR count). The summed E-state index contributed by atoms with van der Waals surface area (Å²) in [6, 6.07) is 20.2. The van der Waals surface area contributed by atoms with E-state index < -0.39 is 8.25 Å². The van der Waals surface area contributed by atoms with E-state index in [1.807, 2.05) is 30.3 Å². The fourth-order valence-corrected chi connectivity index (χ4v) is 4.98. The maximum absolute atomic E-state index is 12.1. The Balaban J connectivity index is 0.000000549. The van der Waals surface area contributed by atoms with Crippen LogP contribution in [0.4, 0.5) is 0 Å². The number of hydrogen-bond donors (Lipinski definition) is 2. The van der Waals surface area contributed by atoms with E-state index in [0.717, 1.165) is 44.1 Å².